The molecule has 1 aliphatic carbocycles. The van der Waals surface area contributed by atoms with Gasteiger partial charge in [0.1, 0.15) is 5.78 Å². The summed E-state index contributed by atoms with van der Waals surface area (Å²) in [5.41, 5.74) is 0. The number of Topliss-reactive ketones (excluding diaryl/α,β-unsaturated/α-hetero) is 1. The Labute approximate surface area is 151 Å². The molecule has 4 nitrogen and oxygen atoms in total. The molecular weight excluding hydrogens is 330 g/mol. The lowest BCUT2D eigenvalue weighted by atomic mass is 9.71. The highest BCUT2D eigenvalue weighted by Crippen LogP contribution is 2.41. The normalized spacial score (nSPS) is 26.9. The first-order chi connectivity index (χ1) is 11.9. The summed E-state index contributed by atoms with van der Waals surface area (Å²) in [7, 11) is -0.187. The number of carbonyl (C=O) groups is 2. The van der Waals surface area contributed by atoms with E-state index >= 15 is 0 Å². The molecule has 5 heteroatoms. The summed E-state index contributed by atoms with van der Waals surface area (Å²) in [6, 6.07) is 11.9. The van der Waals surface area contributed by atoms with Gasteiger partial charge in [-0.2, -0.15) is 0 Å². The molecule has 0 spiro atoms. The maximum atomic E-state index is 12.8. The van der Waals surface area contributed by atoms with Gasteiger partial charge in [0, 0.05) is 24.9 Å². The van der Waals surface area contributed by atoms with Crippen LogP contribution in [0.3, 0.4) is 0 Å². The van der Waals surface area contributed by atoms with Crippen LogP contribution in [0.1, 0.15) is 25.7 Å². The van der Waals surface area contributed by atoms with Gasteiger partial charge in [-0.15, -0.1) is 0 Å². The van der Waals surface area contributed by atoms with E-state index < -0.39 is 8.07 Å². The zero-order chi connectivity index (χ0) is 18.0. The van der Waals surface area contributed by atoms with E-state index in [2.05, 4.69) is 43.4 Å². The molecule has 3 rings (SSSR count). The van der Waals surface area contributed by atoms with Crippen LogP contribution in [0.15, 0.2) is 30.3 Å². The Hall–Kier alpha value is -1.62. The maximum Gasteiger partial charge on any atom is 0.409 e. The summed E-state index contributed by atoms with van der Waals surface area (Å²) in [5, 5.41) is 1.45. The van der Waals surface area contributed by atoms with E-state index in [9.17, 15) is 9.59 Å². The van der Waals surface area contributed by atoms with E-state index in [0.717, 1.165) is 25.3 Å². The fourth-order valence-electron chi connectivity index (χ4n) is 4.89. The zero-order valence-electron chi connectivity index (χ0n) is 15.5. The van der Waals surface area contributed by atoms with E-state index in [1.807, 2.05) is 4.90 Å². The third-order valence-electron chi connectivity index (χ3n) is 6.11. The van der Waals surface area contributed by atoms with Crippen LogP contribution in [0.2, 0.25) is 19.1 Å². The van der Waals surface area contributed by atoms with Crippen LogP contribution in [0.25, 0.3) is 0 Å². The van der Waals surface area contributed by atoms with Gasteiger partial charge in [-0.05, 0) is 24.8 Å². The second-order valence-corrected chi connectivity index (χ2v) is 12.9. The highest BCUT2D eigenvalue weighted by molar-refractivity contribution is 6.89. The average Bonchev–Trinajstić information content (AvgIpc) is 2.62. The number of ketones is 1. The largest absolute Gasteiger partial charge is 0.453 e. The molecule has 1 aromatic carbocycles. The van der Waals surface area contributed by atoms with E-state index in [-0.39, 0.29) is 18.1 Å². The first kappa shape index (κ1) is 18.2. The number of ether oxygens (including phenoxy) is 1. The van der Waals surface area contributed by atoms with Crippen LogP contribution in [-0.4, -0.2) is 44.5 Å². The number of carbonyl (C=O) groups excluding carboxylic acids is 2. The number of likely N-dealkylation sites (tertiary alicyclic amines) is 1. The predicted octanol–water partition coefficient (Wildman–Crippen LogP) is 3.43. The Kier molecular flexibility index (Phi) is 5.32. The van der Waals surface area contributed by atoms with Crippen molar-refractivity contribution in [1.82, 2.24) is 4.90 Å². The Bertz CT molecular complexity index is 631. The minimum Gasteiger partial charge on any atom is -0.453 e. The molecule has 25 heavy (non-hydrogen) atoms. The molecule has 1 aliphatic heterocycles. The third kappa shape index (κ3) is 3.66. The molecule has 1 saturated heterocycles. The van der Waals surface area contributed by atoms with E-state index in [1.165, 1.54) is 12.3 Å². The predicted molar refractivity (Wildman–Crippen MR) is 102 cm³/mol. The molecular formula is C20H29NO3Si. The van der Waals surface area contributed by atoms with Gasteiger partial charge in [0.15, 0.2) is 0 Å². The van der Waals surface area contributed by atoms with Crippen LogP contribution in [-0.2, 0) is 9.53 Å². The number of amides is 1. The average molecular weight is 360 g/mol. The van der Waals surface area contributed by atoms with E-state index in [0.29, 0.717) is 24.7 Å². The number of methoxy groups -OCH3 is 1. The van der Waals surface area contributed by atoms with Crippen molar-refractivity contribution in [3.63, 3.8) is 0 Å². The molecule has 0 bridgehead atoms. The summed E-state index contributed by atoms with van der Waals surface area (Å²) in [4.78, 5) is 26.7. The van der Waals surface area contributed by atoms with Crippen molar-refractivity contribution >= 4 is 25.1 Å². The minimum absolute atomic E-state index is 0.00270. The highest BCUT2D eigenvalue weighted by Gasteiger charge is 2.47. The number of rotatable bonds is 3. The molecule has 1 saturated carbocycles. The lowest BCUT2D eigenvalue weighted by Crippen LogP contribution is -2.57. The number of benzene rings is 1. The molecule has 1 amide bonds. The number of hydrogen-bond acceptors (Lipinski definition) is 3. The lowest BCUT2D eigenvalue weighted by molar-refractivity contribution is -0.132. The van der Waals surface area contributed by atoms with Gasteiger partial charge in [-0.3, -0.25) is 4.79 Å². The van der Waals surface area contributed by atoms with Crippen molar-refractivity contribution < 1.29 is 14.3 Å². The second kappa shape index (κ2) is 7.32. The van der Waals surface area contributed by atoms with Crippen LogP contribution in [0.4, 0.5) is 4.79 Å². The molecule has 1 aromatic rings. The van der Waals surface area contributed by atoms with E-state index in [4.69, 9.17) is 4.74 Å². The maximum absolute atomic E-state index is 12.8. The van der Waals surface area contributed by atoms with Gasteiger partial charge in [0.25, 0.3) is 0 Å². The van der Waals surface area contributed by atoms with Crippen LogP contribution >= 0.6 is 0 Å². The summed E-state index contributed by atoms with van der Waals surface area (Å²) < 4.78 is 4.96. The van der Waals surface area contributed by atoms with Crippen molar-refractivity contribution in [2.45, 2.75) is 50.9 Å². The van der Waals surface area contributed by atoms with Crippen LogP contribution < -0.4 is 5.19 Å². The summed E-state index contributed by atoms with van der Waals surface area (Å²) in [6.45, 7) is 5.31. The SMILES string of the molecule is COC(=O)N1CCC(=O)[C@H]2[C@H](C[Si](C)(C)c3ccccc3)CCC[C@H]21. The van der Waals surface area contributed by atoms with Gasteiger partial charge in [-0.1, -0.05) is 55.0 Å². The fraction of sp³-hybridized carbons (Fsp3) is 0.600. The van der Waals surface area contributed by atoms with Crippen LogP contribution in [0.5, 0.6) is 0 Å². The van der Waals surface area contributed by atoms with Crippen molar-refractivity contribution in [1.29, 1.82) is 0 Å². The molecule has 2 fully saturated rings. The number of fused-ring (bicyclic) bond motifs is 1. The summed E-state index contributed by atoms with van der Waals surface area (Å²) >= 11 is 0. The Balaban J connectivity index is 1.82. The van der Waals surface area contributed by atoms with Crippen molar-refractivity contribution in [3.05, 3.63) is 30.3 Å². The molecule has 3 atom stereocenters. The topological polar surface area (TPSA) is 46.6 Å². The number of piperidine rings is 1. The number of nitrogens with zero attached hydrogens (tertiary/aromatic N) is 1. The van der Waals surface area contributed by atoms with Gasteiger partial charge >= 0.3 is 6.09 Å². The monoisotopic (exact) mass is 359 g/mol. The van der Waals surface area contributed by atoms with Crippen LogP contribution in [0, 0.1) is 11.8 Å². The molecule has 1 heterocycles. The standard InChI is InChI=1S/C20H29NO3Si/c1-24-20(23)21-13-12-18(22)19-15(8-7-11-17(19)21)14-25(2,3)16-9-5-4-6-10-16/h4-6,9-10,15,17,19H,7-8,11-14H2,1-3H3/t15-,17+,19-/m0/s1. The minimum atomic E-state index is -1.62. The molecule has 0 radical (unpaired) electrons. The van der Waals surface area contributed by atoms with Crippen molar-refractivity contribution in [2.24, 2.45) is 11.8 Å². The Morgan fingerprint density at radius 3 is 2.64 bits per heavy atom. The molecule has 2 aliphatic rings. The van der Waals surface area contributed by atoms with E-state index in [1.54, 1.807) is 0 Å². The van der Waals surface area contributed by atoms with Crippen molar-refractivity contribution in [2.75, 3.05) is 13.7 Å². The van der Waals surface area contributed by atoms with Gasteiger partial charge in [0.2, 0.25) is 0 Å². The molecule has 0 N–H and O–H groups in total. The first-order valence-electron chi connectivity index (χ1n) is 9.37. The Morgan fingerprint density at radius 1 is 1.24 bits per heavy atom. The second-order valence-electron chi connectivity index (χ2n) is 8.12. The summed E-state index contributed by atoms with van der Waals surface area (Å²) in [5.74, 6) is 0.741. The molecule has 0 unspecified atom stereocenters. The van der Waals surface area contributed by atoms with Crippen molar-refractivity contribution in [3.8, 4) is 0 Å². The lowest BCUT2D eigenvalue weighted by Gasteiger charge is -2.47. The van der Waals surface area contributed by atoms with Gasteiger partial charge in [0.05, 0.1) is 15.2 Å². The summed E-state index contributed by atoms with van der Waals surface area (Å²) in [6.07, 6.45) is 3.31. The number of hydrogen-bond donors (Lipinski definition) is 0. The third-order valence-corrected chi connectivity index (χ3v) is 9.55. The fourth-order valence-corrected chi connectivity index (χ4v) is 7.99. The zero-order valence-corrected chi connectivity index (χ0v) is 16.5. The highest BCUT2D eigenvalue weighted by atomic mass is 28.3. The first-order valence-corrected chi connectivity index (χ1v) is 12.6. The van der Waals surface area contributed by atoms with Gasteiger partial charge < -0.3 is 9.64 Å². The Morgan fingerprint density at radius 2 is 1.96 bits per heavy atom. The quantitative estimate of drug-likeness (QED) is 0.777. The smallest absolute Gasteiger partial charge is 0.409 e. The van der Waals surface area contributed by atoms with Gasteiger partial charge in [-0.25, -0.2) is 4.79 Å². The molecule has 0 aromatic heterocycles. The molecule has 136 valence electrons.